The maximum Gasteiger partial charge on any atom is 0.114 e. The first-order valence-electron chi connectivity index (χ1n) is 3.40. The molecule has 0 saturated carbocycles. The van der Waals surface area contributed by atoms with Gasteiger partial charge in [-0.15, -0.1) is 0 Å². The van der Waals surface area contributed by atoms with Gasteiger partial charge in [0, 0.05) is 12.5 Å². The predicted molar refractivity (Wildman–Crippen MR) is 39.4 cm³/mol. The van der Waals surface area contributed by atoms with Crippen molar-refractivity contribution in [2.75, 3.05) is 13.7 Å². The second-order valence-electron chi connectivity index (χ2n) is 2.35. The summed E-state index contributed by atoms with van der Waals surface area (Å²) in [5.74, 6) is 1.18. The number of rotatable bonds is 2. The number of methoxy groups -OCH3 is 1. The molecule has 0 bridgehead atoms. The van der Waals surface area contributed by atoms with Crippen LogP contribution in [0.3, 0.4) is 0 Å². The lowest BCUT2D eigenvalue weighted by Gasteiger charge is -2.11. The zero-order valence-electron chi connectivity index (χ0n) is 6.08. The second-order valence-corrected chi connectivity index (χ2v) is 2.35. The van der Waals surface area contributed by atoms with Crippen molar-refractivity contribution < 1.29 is 9.84 Å². The summed E-state index contributed by atoms with van der Waals surface area (Å²) >= 11 is 0. The van der Waals surface area contributed by atoms with Gasteiger partial charge < -0.3 is 9.84 Å². The fourth-order valence-electron chi connectivity index (χ4n) is 0.932. The van der Waals surface area contributed by atoms with Crippen LogP contribution >= 0.6 is 0 Å². The minimum absolute atomic E-state index is 0.226. The highest BCUT2D eigenvalue weighted by atomic mass is 16.5. The molecule has 0 heterocycles. The van der Waals surface area contributed by atoms with E-state index in [1.807, 2.05) is 18.2 Å². The molecular weight excluding hydrogens is 128 g/mol. The largest absolute Gasteiger partial charge is 0.497 e. The molecule has 10 heavy (non-hydrogen) atoms. The highest BCUT2D eigenvalue weighted by Gasteiger charge is 2.06. The van der Waals surface area contributed by atoms with Crippen LogP contribution in [-0.4, -0.2) is 18.8 Å². The maximum absolute atomic E-state index is 8.73. The highest BCUT2D eigenvalue weighted by Crippen LogP contribution is 2.15. The lowest BCUT2D eigenvalue weighted by molar-refractivity contribution is 0.247. The van der Waals surface area contributed by atoms with Crippen LogP contribution in [0.1, 0.15) is 6.42 Å². The van der Waals surface area contributed by atoms with E-state index >= 15 is 0 Å². The predicted octanol–water partition coefficient (Wildman–Crippen LogP) is 1.09. The minimum atomic E-state index is 0.226. The third-order valence-corrected chi connectivity index (χ3v) is 1.62. The average Bonchev–Trinajstić information content (AvgIpc) is 2.05. The van der Waals surface area contributed by atoms with Crippen LogP contribution in [0, 0.1) is 5.92 Å². The van der Waals surface area contributed by atoms with E-state index < -0.39 is 0 Å². The van der Waals surface area contributed by atoms with Crippen LogP contribution in [0.25, 0.3) is 0 Å². The standard InChI is InChI=1S/C8H12O2/c1-10-8-4-2-7(6-9)3-5-8/h2,4-5,7,9H,3,6H2,1H3. The monoisotopic (exact) mass is 140 g/mol. The van der Waals surface area contributed by atoms with Gasteiger partial charge in [0.15, 0.2) is 0 Å². The molecule has 0 radical (unpaired) electrons. The van der Waals surface area contributed by atoms with Gasteiger partial charge >= 0.3 is 0 Å². The smallest absolute Gasteiger partial charge is 0.114 e. The van der Waals surface area contributed by atoms with E-state index in [9.17, 15) is 0 Å². The van der Waals surface area contributed by atoms with E-state index in [4.69, 9.17) is 9.84 Å². The van der Waals surface area contributed by atoms with Gasteiger partial charge in [-0.1, -0.05) is 6.08 Å². The van der Waals surface area contributed by atoms with E-state index in [-0.39, 0.29) is 6.61 Å². The molecule has 1 aliphatic rings. The van der Waals surface area contributed by atoms with Crippen molar-refractivity contribution in [3.8, 4) is 0 Å². The Hall–Kier alpha value is -0.760. The molecule has 2 nitrogen and oxygen atoms in total. The fraction of sp³-hybridized carbons (Fsp3) is 0.500. The van der Waals surface area contributed by atoms with Crippen LogP contribution in [0.5, 0.6) is 0 Å². The number of aliphatic hydroxyl groups is 1. The Bertz CT molecular complexity index is 159. The van der Waals surface area contributed by atoms with Gasteiger partial charge in [0.1, 0.15) is 5.76 Å². The minimum Gasteiger partial charge on any atom is -0.497 e. The van der Waals surface area contributed by atoms with E-state index in [0.29, 0.717) is 5.92 Å². The molecule has 0 aromatic carbocycles. The van der Waals surface area contributed by atoms with Crippen LogP contribution in [0.4, 0.5) is 0 Å². The summed E-state index contributed by atoms with van der Waals surface area (Å²) in [6.45, 7) is 0.226. The van der Waals surface area contributed by atoms with Crippen molar-refractivity contribution in [1.82, 2.24) is 0 Å². The summed E-state index contributed by atoms with van der Waals surface area (Å²) in [5.41, 5.74) is 0. The summed E-state index contributed by atoms with van der Waals surface area (Å²) in [5, 5.41) is 8.73. The SMILES string of the molecule is COC1=CCC(CO)C=C1. The lowest BCUT2D eigenvalue weighted by atomic mass is 10.0. The topological polar surface area (TPSA) is 29.5 Å². The number of hydrogen-bond donors (Lipinski definition) is 1. The van der Waals surface area contributed by atoms with Crippen molar-refractivity contribution >= 4 is 0 Å². The van der Waals surface area contributed by atoms with Crippen molar-refractivity contribution in [3.63, 3.8) is 0 Å². The van der Waals surface area contributed by atoms with E-state index in [1.165, 1.54) is 0 Å². The van der Waals surface area contributed by atoms with E-state index in [2.05, 4.69) is 0 Å². The molecule has 1 aliphatic carbocycles. The Morgan fingerprint density at radius 1 is 1.80 bits per heavy atom. The third-order valence-electron chi connectivity index (χ3n) is 1.62. The summed E-state index contributed by atoms with van der Waals surface area (Å²) in [6.07, 6.45) is 6.74. The number of ether oxygens (including phenoxy) is 1. The zero-order chi connectivity index (χ0) is 7.40. The molecule has 0 amide bonds. The Labute approximate surface area is 60.8 Å². The van der Waals surface area contributed by atoms with Gasteiger partial charge in [-0.25, -0.2) is 0 Å². The molecule has 0 aromatic rings. The number of hydrogen-bond acceptors (Lipinski definition) is 2. The van der Waals surface area contributed by atoms with Gasteiger partial charge in [-0.3, -0.25) is 0 Å². The molecule has 1 N–H and O–H groups in total. The average molecular weight is 140 g/mol. The molecule has 0 aliphatic heterocycles. The molecule has 0 aromatic heterocycles. The van der Waals surface area contributed by atoms with Gasteiger partial charge in [-0.2, -0.15) is 0 Å². The maximum atomic E-state index is 8.73. The normalized spacial score (nSPS) is 24.2. The fourth-order valence-corrected chi connectivity index (χ4v) is 0.932. The van der Waals surface area contributed by atoms with Gasteiger partial charge in [0.05, 0.1) is 7.11 Å². The van der Waals surface area contributed by atoms with E-state index in [1.54, 1.807) is 7.11 Å². The molecule has 0 spiro atoms. The zero-order valence-corrected chi connectivity index (χ0v) is 6.08. The van der Waals surface area contributed by atoms with Gasteiger partial charge in [-0.05, 0) is 18.6 Å². The van der Waals surface area contributed by atoms with Crippen molar-refractivity contribution in [2.24, 2.45) is 5.92 Å². The molecule has 1 rings (SSSR count). The van der Waals surface area contributed by atoms with Gasteiger partial charge in [0.2, 0.25) is 0 Å². The first-order chi connectivity index (χ1) is 4.86. The summed E-state index contributed by atoms with van der Waals surface area (Å²) in [4.78, 5) is 0. The Balaban J connectivity index is 2.46. The Kier molecular flexibility index (Phi) is 2.51. The van der Waals surface area contributed by atoms with Crippen LogP contribution in [0.15, 0.2) is 24.0 Å². The molecule has 0 saturated heterocycles. The molecule has 56 valence electrons. The van der Waals surface area contributed by atoms with Crippen LogP contribution < -0.4 is 0 Å². The van der Waals surface area contributed by atoms with Crippen LogP contribution in [-0.2, 0) is 4.74 Å². The second kappa shape index (κ2) is 3.42. The van der Waals surface area contributed by atoms with Crippen LogP contribution in [0.2, 0.25) is 0 Å². The van der Waals surface area contributed by atoms with Crippen molar-refractivity contribution in [1.29, 1.82) is 0 Å². The number of allylic oxidation sites excluding steroid dienone is 2. The lowest BCUT2D eigenvalue weighted by Crippen LogP contribution is -2.04. The van der Waals surface area contributed by atoms with Crippen molar-refractivity contribution in [2.45, 2.75) is 6.42 Å². The molecule has 0 fully saturated rings. The Morgan fingerprint density at radius 3 is 3.00 bits per heavy atom. The third kappa shape index (κ3) is 1.61. The van der Waals surface area contributed by atoms with E-state index in [0.717, 1.165) is 12.2 Å². The number of aliphatic hydroxyl groups excluding tert-OH is 1. The molecule has 2 heteroatoms. The molecule has 1 unspecified atom stereocenters. The molecule has 1 atom stereocenters. The molecular formula is C8H12O2. The highest BCUT2D eigenvalue weighted by molar-refractivity contribution is 5.17. The quantitative estimate of drug-likeness (QED) is 0.622. The first kappa shape index (κ1) is 7.35. The first-order valence-corrected chi connectivity index (χ1v) is 3.40. The summed E-state index contributed by atoms with van der Waals surface area (Å²) < 4.78 is 4.98. The summed E-state index contributed by atoms with van der Waals surface area (Å²) in [7, 11) is 1.65. The van der Waals surface area contributed by atoms with Crippen molar-refractivity contribution in [3.05, 3.63) is 24.0 Å². The van der Waals surface area contributed by atoms with Gasteiger partial charge in [0.25, 0.3) is 0 Å². The summed E-state index contributed by atoms with van der Waals surface area (Å²) in [6, 6.07) is 0. The Morgan fingerprint density at radius 2 is 2.60 bits per heavy atom.